The maximum atomic E-state index is 12.9. The standard InChI is InChI=1S/C19H19ClN2O/c20-15-8-9-17-14(13-15)5-4-11-22(17)18-10-12-21(19(18)23)16-6-2-1-3-7-16/h1-3,6-9,13,18H,4-5,10-12H2/t18-/m0/s1. The summed E-state index contributed by atoms with van der Waals surface area (Å²) in [6, 6.07) is 15.9. The Balaban J connectivity index is 1.62. The van der Waals surface area contributed by atoms with E-state index in [1.54, 1.807) is 0 Å². The molecule has 2 aliphatic rings. The molecule has 1 amide bonds. The summed E-state index contributed by atoms with van der Waals surface area (Å²) in [6.07, 6.45) is 2.98. The van der Waals surface area contributed by atoms with Gasteiger partial charge in [-0.2, -0.15) is 0 Å². The van der Waals surface area contributed by atoms with Gasteiger partial charge in [0.05, 0.1) is 0 Å². The van der Waals surface area contributed by atoms with Gasteiger partial charge in [-0.25, -0.2) is 0 Å². The van der Waals surface area contributed by atoms with Gasteiger partial charge in [-0.1, -0.05) is 29.8 Å². The van der Waals surface area contributed by atoms with Crippen LogP contribution in [0.15, 0.2) is 48.5 Å². The minimum Gasteiger partial charge on any atom is -0.359 e. The lowest BCUT2D eigenvalue weighted by molar-refractivity contribution is -0.118. The van der Waals surface area contributed by atoms with E-state index in [-0.39, 0.29) is 11.9 Å². The van der Waals surface area contributed by atoms with Gasteiger partial charge in [-0.3, -0.25) is 4.79 Å². The first-order valence-electron chi connectivity index (χ1n) is 8.15. The molecule has 2 aliphatic heterocycles. The van der Waals surface area contributed by atoms with Gasteiger partial charge >= 0.3 is 0 Å². The number of hydrogen-bond donors (Lipinski definition) is 0. The smallest absolute Gasteiger partial charge is 0.249 e. The fourth-order valence-electron chi connectivity index (χ4n) is 3.74. The van der Waals surface area contributed by atoms with Gasteiger partial charge in [0.1, 0.15) is 6.04 Å². The maximum Gasteiger partial charge on any atom is 0.249 e. The fraction of sp³-hybridized carbons (Fsp3) is 0.316. The van der Waals surface area contributed by atoms with Crippen LogP contribution < -0.4 is 9.80 Å². The number of aryl methyl sites for hydroxylation is 1. The number of carbonyl (C=O) groups is 1. The molecule has 0 spiro atoms. The van der Waals surface area contributed by atoms with Crippen LogP contribution in [-0.2, 0) is 11.2 Å². The van der Waals surface area contributed by atoms with Crippen molar-refractivity contribution in [3.8, 4) is 0 Å². The van der Waals surface area contributed by atoms with Crippen LogP contribution in [0.4, 0.5) is 11.4 Å². The predicted molar refractivity (Wildman–Crippen MR) is 94.3 cm³/mol. The molecule has 118 valence electrons. The Hall–Kier alpha value is -2.00. The van der Waals surface area contributed by atoms with Crippen molar-refractivity contribution in [2.24, 2.45) is 0 Å². The van der Waals surface area contributed by atoms with E-state index in [1.165, 1.54) is 11.3 Å². The lowest BCUT2D eigenvalue weighted by Gasteiger charge is -2.35. The Morgan fingerprint density at radius 3 is 2.70 bits per heavy atom. The number of halogens is 1. The number of rotatable bonds is 2. The molecular weight excluding hydrogens is 308 g/mol. The Bertz CT molecular complexity index is 731. The Labute approximate surface area is 141 Å². The molecule has 23 heavy (non-hydrogen) atoms. The molecule has 1 atom stereocenters. The molecule has 0 aliphatic carbocycles. The van der Waals surface area contributed by atoms with E-state index in [4.69, 9.17) is 11.6 Å². The molecule has 0 unspecified atom stereocenters. The van der Waals surface area contributed by atoms with Crippen LogP contribution in [0.25, 0.3) is 0 Å². The summed E-state index contributed by atoms with van der Waals surface area (Å²) in [6.45, 7) is 1.72. The van der Waals surface area contributed by atoms with Crippen LogP contribution in [-0.4, -0.2) is 25.0 Å². The van der Waals surface area contributed by atoms with Crippen molar-refractivity contribution in [3.63, 3.8) is 0 Å². The summed E-state index contributed by atoms with van der Waals surface area (Å²) in [7, 11) is 0. The van der Waals surface area contributed by atoms with E-state index >= 15 is 0 Å². The fourth-order valence-corrected chi connectivity index (χ4v) is 3.93. The van der Waals surface area contributed by atoms with Crippen molar-refractivity contribution >= 4 is 28.9 Å². The Kier molecular flexibility index (Phi) is 3.74. The first kappa shape index (κ1) is 14.6. The second-order valence-electron chi connectivity index (χ2n) is 6.20. The lowest BCUT2D eigenvalue weighted by Crippen LogP contribution is -2.44. The second kappa shape index (κ2) is 5.89. The van der Waals surface area contributed by atoms with Crippen LogP contribution in [0.3, 0.4) is 0 Å². The van der Waals surface area contributed by atoms with Crippen molar-refractivity contribution in [1.29, 1.82) is 0 Å². The third-order valence-corrected chi connectivity index (χ3v) is 5.05. The number of para-hydroxylation sites is 1. The molecule has 2 aromatic carbocycles. The van der Waals surface area contributed by atoms with Gasteiger partial charge in [-0.15, -0.1) is 0 Å². The predicted octanol–water partition coefficient (Wildman–Crippen LogP) is 3.90. The van der Waals surface area contributed by atoms with Gasteiger partial charge in [0, 0.05) is 29.5 Å². The molecule has 4 rings (SSSR count). The summed E-state index contributed by atoms with van der Waals surface area (Å²) in [4.78, 5) is 17.1. The second-order valence-corrected chi connectivity index (χ2v) is 6.64. The summed E-state index contributed by atoms with van der Waals surface area (Å²) in [5.41, 5.74) is 3.43. The third-order valence-electron chi connectivity index (χ3n) is 4.82. The SMILES string of the molecule is O=C1[C@@H](N2CCCc3cc(Cl)ccc32)CCN1c1ccccc1. The van der Waals surface area contributed by atoms with Crippen molar-refractivity contribution in [3.05, 3.63) is 59.1 Å². The third kappa shape index (κ3) is 2.59. The highest BCUT2D eigenvalue weighted by molar-refractivity contribution is 6.30. The van der Waals surface area contributed by atoms with Crippen LogP contribution in [0.2, 0.25) is 5.02 Å². The lowest BCUT2D eigenvalue weighted by atomic mass is 9.99. The largest absolute Gasteiger partial charge is 0.359 e. The molecule has 2 aromatic rings. The zero-order chi connectivity index (χ0) is 15.8. The molecule has 4 heteroatoms. The number of anilines is 2. The molecule has 3 nitrogen and oxygen atoms in total. The normalized spacial score (nSPS) is 20.7. The van der Waals surface area contributed by atoms with Gasteiger partial charge in [0.15, 0.2) is 0 Å². The average molecular weight is 327 g/mol. The van der Waals surface area contributed by atoms with E-state index in [2.05, 4.69) is 11.0 Å². The molecule has 0 bridgehead atoms. The van der Waals surface area contributed by atoms with E-state index < -0.39 is 0 Å². The number of amides is 1. The van der Waals surface area contributed by atoms with Crippen LogP contribution in [0.1, 0.15) is 18.4 Å². The van der Waals surface area contributed by atoms with Crippen LogP contribution >= 0.6 is 11.6 Å². The van der Waals surface area contributed by atoms with Crippen LogP contribution in [0.5, 0.6) is 0 Å². The van der Waals surface area contributed by atoms with E-state index in [1.807, 2.05) is 47.4 Å². The quantitative estimate of drug-likeness (QED) is 0.835. The summed E-state index contributed by atoms with van der Waals surface area (Å²) >= 11 is 6.12. The molecule has 0 aromatic heterocycles. The summed E-state index contributed by atoms with van der Waals surface area (Å²) < 4.78 is 0. The number of fused-ring (bicyclic) bond motifs is 1. The van der Waals surface area contributed by atoms with Gasteiger partial charge in [0.2, 0.25) is 5.91 Å². The molecule has 0 N–H and O–H groups in total. The van der Waals surface area contributed by atoms with Gasteiger partial charge < -0.3 is 9.80 Å². The monoisotopic (exact) mass is 326 g/mol. The van der Waals surface area contributed by atoms with Crippen molar-refractivity contribution in [1.82, 2.24) is 0 Å². The van der Waals surface area contributed by atoms with Crippen molar-refractivity contribution in [2.45, 2.75) is 25.3 Å². The first-order chi connectivity index (χ1) is 11.2. The summed E-state index contributed by atoms with van der Waals surface area (Å²) in [5, 5.41) is 0.772. The zero-order valence-electron chi connectivity index (χ0n) is 12.9. The Morgan fingerprint density at radius 1 is 1.04 bits per heavy atom. The van der Waals surface area contributed by atoms with Gasteiger partial charge in [-0.05, 0) is 55.2 Å². The molecule has 1 saturated heterocycles. The number of nitrogens with zero attached hydrogens (tertiary/aromatic N) is 2. The maximum absolute atomic E-state index is 12.9. The number of benzene rings is 2. The highest BCUT2D eigenvalue weighted by atomic mass is 35.5. The Morgan fingerprint density at radius 2 is 1.87 bits per heavy atom. The first-order valence-corrected chi connectivity index (χ1v) is 8.53. The molecule has 1 fully saturated rings. The molecule has 2 heterocycles. The number of carbonyl (C=O) groups excluding carboxylic acids is 1. The topological polar surface area (TPSA) is 23.6 Å². The molecule has 0 radical (unpaired) electrons. The average Bonchev–Trinajstić information content (AvgIpc) is 2.96. The highest BCUT2D eigenvalue weighted by Gasteiger charge is 2.38. The van der Waals surface area contributed by atoms with E-state index in [0.717, 1.165) is 43.1 Å². The minimum absolute atomic E-state index is 0.0598. The van der Waals surface area contributed by atoms with Crippen LogP contribution in [0, 0.1) is 0 Å². The highest BCUT2D eigenvalue weighted by Crippen LogP contribution is 2.34. The molecule has 0 saturated carbocycles. The van der Waals surface area contributed by atoms with E-state index in [9.17, 15) is 4.79 Å². The van der Waals surface area contributed by atoms with Crippen molar-refractivity contribution < 1.29 is 4.79 Å². The minimum atomic E-state index is -0.0598. The van der Waals surface area contributed by atoms with E-state index in [0.29, 0.717) is 0 Å². The van der Waals surface area contributed by atoms with Gasteiger partial charge in [0.25, 0.3) is 0 Å². The summed E-state index contributed by atoms with van der Waals surface area (Å²) in [5.74, 6) is 0.207. The van der Waals surface area contributed by atoms with Crippen molar-refractivity contribution in [2.75, 3.05) is 22.9 Å². The molecular formula is C19H19ClN2O. The zero-order valence-corrected chi connectivity index (χ0v) is 13.7. The number of hydrogen-bond acceptors (Lipinski definition) is 2.